The Hall–Kier alpha value is -2.30. The highest BCUT2D eigenvalue weighted by molar-refractivity contribution is 5.95. The zero-order valence-corrected chi connectivity index (χ0v) is 11.2. The van der Waals surface area contributed by atoms with Gasteiger partial charge in [-0.15, -0.1) is 0 Å². The summed E-state index contributed by atoms with van der Waals surface area (Å²) in [5.41, 5.74) is 5.89. The van der Waals surface area contributed by atoms with Crippen LogP contribution in [0.2, 0.25) is 0 Å². The van der Waals surface area contributed by atoms with Crippen LogP contribution in [0.5, 0.6) is 0 Å². The van der Waals surface area contributed by atoms with Gasteiger partial charge in [0.15, 0.2) is 0 Å². The quantitative estimate of drug-likeness (QED) is 0.825. The molecule has 20 heavy (non-hydrogen) atoms. The maximum absolute atomic E-state index is 13.5. The second kappa shape index (κ2) is 6.23. The maximum atomic E-state index is 13.5. The van der Waals surface area contributed by atoms with Gasteiger partial charge < -0.3 is 15.5 Å². The van der Waals surface area contributed by atoms with E-state index in [-0.39, 0.29) is 11.6 Å². The van der Waals surface area contributed by atoms with Crippen LogP contribution in [0, 0.1) is 5.82 Å². The monoisotopic (exact) mass is 276 g/mol. The van der Waals surface area contributed by atoms with E-state index in [0.717, 1.165) is 5.76 Å². The maximum Gasteiger partial charge on any atom is 0.254 e. The predicted octanol–water partition coefficient (Wildman–Crippen LogP) is 2.75. The molecule has 1 unspecified atom stereocenters. The number of amides is 1. The van der Waals surface area contributed by atoms with Crippen molar-refractivity contribution in [2.45, 2.75) is 25.8 Å². The van der Waals surface area contributed by atoms with Gasteiger partial charge in [0.2, 0.25) is 0 Å². The van der Waals surface area contributed by atoms with E-state index in [0.29, 0.717) is 18.5 Å². The van der Waals surface area contributed by atoms with E-state index >= 15 is 0 Å². The molecular formula is C15H17FN2O2. The smallest absolute Gasteiger partial charge is 0.254 e. The first-order valence-corrected chi connectivity index (χ1v) is 6.44. The summed E-state index contributed by atoms with van der Waals surface area (Å²) in [5, 5.41) is 2.75. The lowest BCUT2D eigenvalue weighted by atomic mass is 10.1. The lowest BCUT2D eigenvalue weighted by molar-refractivity contribution is 0.0934. The minimum atomic E-state index is -0.574. The predicted molar refractivity (Wildman–Crippen MR) is 74.8 cm³/mol. The van der Waals surface area contributed by atoms with Crippen molar-refractivity contribution >= 4 is 11.6 Å². The third-order valence-electron chi connectivity index (χ3n) is 3.02. The second-order valence-corrected chi connectivity index (χ2v) is 4.73. The standard InChI is InChI=1S/C15H17FN2O2/c1-10(4-6-12-3-2-8-20-12)18-15(19)13-9-11(17)5-7-14(13)16/h2-3,5,7-10H,4,6,17H2,1H3,(H,18,19). The summed E-state index contributed by atoms with van der Waals surface area (Å²) in [4.78, 5) is 12.0. The molecule has 5 heteroatoms. The number of aryl methyl sites for hydroxylation is 1. The van der Waals surface area contributed by atoms with E-state index in [1.807, 2.05) is 19.1 Å². The molecule has 0 fully saturated rings. The summed E-state index contributed by atoms with van der Waals surface area (Å²) >= 11 is 0. The molecule has 1 atom stereocenters. The van der Waals surface area contributed by atoms with Gasteiger partial charge in [-0.2, -0.15) is 0 Å². The normalized spacial score (nSPS) is 12.1. The number of benzene rings is 1. The Morgan fingerprint density at radius 1 is 1.45 bits per heavy atom. The van der Waals surface area contributed by atoms with Gasteiger partial charge in [0.25, 0.3) is 5.91 Å². The molecule has 1 amide bonds. The molecule has 0 aliphatic rings. The van der Waals surface area contributed by atoms with E-state index in [4.69, 9.17) is 10.2 Å². The number of anilines is 1. The van der Waals surface area contributed by atoms with E-state index < -0.39 is 11.7 Å². The van der Waals surface area contributed by atoms with Crippen molar-refractivity contribution in [3.63, 3.8) is 0 Å². The summed E-state index contributed by atoms with van der Waals surface area (Å²) in [7, 11) is 0. The van der Waals surface area contributed by atoms with Crippen molar-refractivity contribution in [3.8, 4) is 0 Å². The lowest BCUT2D eigenvalue weighted by Gasteiger charge is -2.13. The first kappa shape index (κ1) is 14.1. The van der Waals surface area contributed by atoms with Crippen LogP contribution in [0.15, 0.2) is 41.0 Å². The number of hydrogen-bond donors (Lipinski definition) is 2. The molecule has 2 aromatic rings. The minimum Gasteiger partial charge on any atom is -0.469 e. The molecule has 0 saturated heterocycles. The molecule has 3 N–H and O–H groups in total. The van der Waals surface area contributed by atoms with E-state index in [1.165, 1.54) is 18.2 Å². The fourth-order valence-electron chi connectivity index (χ4n) is 1.90. The number of nitrogens with two attached hydrogens (primary N) is 1. The fraction of sp³-hybridized carbons (Fsp3) is 0.267. The Morgan fingerprint density at radius 2 is 2.25 bits per heavy atom. The highest BCUT2D eigenvalue weighted by Gasteiger charge is 2.14. The summed E-state index contributed by atoms with van der Waals surface area (Å²) in [6.07, 6.45) is 3.04. The molecule has 0 radical (unpaired) electrons. The van der Waals surface area contributed by atoms with Crippen molar-refractivity contribution in [1.82, 2.24) is 5.32 Å². The summed E-state index contributed by atoms with van der Waals surface area (Å²) in [5.74, 6) is -0.169. The van der Waals surface area contributed by atoms with Gasteiger partial charge >= 0.3 is 0 Å². The number of furan rings is 1. The molecule has 0 spiro atoms. The number of halogens is 1. The van der Waals surface area contributed by atoms with Gasteiger partial charge in [-0.05, 0) is 43.7 Å². The van der Waals surface area contributed by atoms with Crippen molar-refractivity contribution in [3.05, 3.63) is 53.7 Å². The average molecular weight is 276 g/mol. The van der Waals surface area contributed by atoms with Gasteiger partial charge in [-0.1, -0.05) is 0 Å². The Morgan fingerprint density at radius 3 is 2.95 bits per heavy atom. The molecule has 0 saturated carbocycles. The van der Waals surface area contributed by atoms with Crippen LogP contribution in [0.25, 0.3) is 0 Å². The van der Waals surface area contributed by atoms with Gasteiger partial charge in [-0.3, -0.25) is 4.79 Å². The van der Waals surface area contributed by atoms with Crippen LogP contribution in [0.3, 0.4) is 0 Å². The minimum absolute atomic E-state index is 0.0325. The van der Waals surface area contributed by atoms with Crippen LogP contribution in [-0.2, 0) is 6.42 Å². The van der Waals surface area contributed by atoms with Gasteiger partial charge in [0.05, 0.1) is 11.8 Å². The molecular weight excluding hydrogens is 259 g/mol. The molecule has 2 rings (SSSR count). The molecule has 106 valence electrons. The third kappa shape index (κ3) is 3.60. The lowest BCUT2D eigenvalue weighted by Crippen LogP contribution is -2.33. The van der Waals surface area contributed by atoms with E-state index in [1.54, 1.807) is 6.26 Å². The van der Waals surface area contributed by atoms with Crippen LogP contribution in [-0.4, -0.2) is 11.9 Å². The number of nitrogens with one attached hydrogen (secondary N) is 1. The Bertz CT molecular complexity index is 582. The van der Waals surface area contributed by atoms with Crippen molar-refractivity contribution in [2.24, 2.45) is 0 Å². The zero-order chi connectivity index (χ0) is 14.5. The fourth-order valence-corrected chi connectivity index (χ4v) is 1.90. The van der Waals surface area contributed by atoms with Crippen molar-refractivity contribution in [1.29, 1.82) is 0 Å². The molecule has 0 bridgehead atoms. The third-order valence-corrected chi connectivity index (χ3v) is 3.02. The summed E-state index contributed by atoms with van der Waals surface area (Å²) in [6, 6.07) is 7.56. The van der Waals surface area contributed by atoms with E-state index in [2.05, 4.69) is 5.32 Å². The number of carbonyl (C=O) groups is 1. The highest BCUT2D eigenvalue weighted by atomic mass is 19.1. The average Bonchev–Trinajstić information content (AvgIpc) is 2.92. The number of hydrogen-bond acceptors (Lipinski definition) is 3. The largest absolute Gasteiger partial charge is 0.469 e. The molecule has 0 aliphatic heterocycles. The molecule has 0 aliphatic carbocycles. The topological polar surface area (TPSA) is 68.3 Å². The molecule has 1 heterocycles. The zero-order valence-electron chi connectivity index (χ0n) is 11.2. The second-order valence-electron chi connectivity index (χ2n) is 4.73. The number of nitrogen functional groups attached to an aromatic ring is 1. The highest BCUT2D eigenvalue weighted by Crippen LogP contribution is 2.13. The summed E-state index contributed by atoms with van der Waals surface area (Å²) < 4.78 is 18.8. The Kier molecular flexibility index (Phi) is 4.40. The van der Waals surface area contributed by atoms with Crippen LogP contribution >= 0.6 is 0 Å². The number of carbonyl (C=O) groups excluding carboxylic acids is 1. The molecule has 1 aromatic carbocycles. The van der Waals surface area contributed by atoms with Crippen LogP contribution in [0.4, 0.5) is 10.1 Å². The van der Waals surface area contributed by atoms with Crippen molar-refractivity contribution in [2.75, 3.05) is 5.73 Å². The van der Waals surface area contributed by atoms with Crippen LogP contribution in [0.1, 0.15) is 29.5 Å². The van der Waals surface area contributed by atoms with Gasteiger partial charge in [0.1, 0.15) is 11.6 Å². The molecule has 1 aromatic heterocycles. The SMILES string of the molecule is CC(CCc1ccco1)NC(=O)c1cc(N)ccc1F. The van der Waals surface area contributed by atoms with Crippen molar-refractivity contribution < 1.29 is 13.6 Å². The Labute approximate surface area is 116 Å². The first-order valence-electron chi connectivity index (χ1n) is 6.44. The summed E-state index contributed by atoms with van der Waals surface area (Å²) in [6.45, 7) is 1.87. The van der Waals surface area contributed by atoms with Gasteiger partial charge in [-0.25, -0.2) is 4.39 Å². The Balaban J connectivity index is 1.91. The molecule has 4 nitrogen and oxygen atoms in total. The van der Waals surface area contributed by atoms with E-state index in [9.17, 15) is 9.18 Å². The van der Waals surface area contributed by atoms with Gasteiger partial charge in [0, 0.05) is 18.2 Å². The van der Waals surface area contributed by atoms with Crippen LogP contribution < -0.4 is 11.1 Å². The number of rotatable bonds is 5. The first-order chi connectivity index (χ1) is 9.56.